The lowest BCUT2D eigenvalue weighted by atomic mass is 9.54. The molecule has 33 heavy (non-hydrogen) atoms. The zero-order chi connectivity index (χ0) is 24.3. The minimum atomic E-state index is -0.371. The molecule has 0 aromatic heterocycles. The fraction of sp³-hybridized carbons (Fsp3) is 0.714. The largest absolute Gasteiger partial charge is 0.508 e. The number of nitrogens with zero attached hydrogens (tertiary/aromatic N) is 1. The lowest BCUT2D eigenvalue weighted by Gasteiger charge is -2.51. The standard InChI is InChI=1S/C28H42N2O2S/c1-26(2,3)29-25(33)30(27(4,5)6)24(32)23-13-12-22-21-10-8-17-16-18(31)9-11-19(17)20(21)14-15-28(22,23)7/h9,11,16,20-23,31H,8,10,12-15H2,1-7H3,(H,29,33)/t20?,21?,22?,23?,28-/m0/s1. The van der Waals surface area contributed by atoms with Crippen molar-refractivity contribution in [1.82, 2.24) is 10.2 Å². The van der Waals surface area contributed by atoms with Crippen molar-refractivity contribution in [3.8, 4) is 5.75 Å². The summed E-state index contributed by atoms with van der Waals surface area (Å²) in [5.41, 5.74) is 2.22. The molecular formula is C28H42N2O2S. The van der Waals surface area contributed by atoms with Gasteiger partial charge in [0, 0.05) is 17.0 Å². The number of hydrogen-bond acceptors (Lipinski definition) is 3. The Morgan fingerprint density at radius 2 is 1.82 bits per heavy atom. The van der Waals surface area contributed by atoms with Gasteiger partial charge in [-0.1, -0.05) is 13.0 Å². The van der Waals surface area contributed by atoms with Gasteiger partial charge < -0.3 is 10.4 Å². The van der Waals surface area contributed by atoms with Crippen LogP contribution < -0.4 is 5.32 Å². The zero-order valence-corrected chi connectivity index (χ0v) is 22.3. The lowest BCUT2D eigenvalue weighted by Crippen LogP contribution is -2.59. The number of carbonyl (C=O) groups excluding carboxylic acids is 1. The number of fused-ring (bicyclic) bond motifs is 5. The van der Waals surface area contributed by atoms with Gasteiger partial charge in [0.2, 0.25) is 5.91 Å². The number of phenols is 1. The summed E-state index contributed by atoms with van der Waals surface area (Å²) in [4.78, 5) is 16.0. The van der Waals surface area contributed by atoms with Crippen LogP contribution in [0.15, 0.2) is 18.2 Å². The van der Waals surface area contributed by atoms with Crippen molar-refractivity contribution >= 4 is 23.2 Å². The van der Waals surface area contributed by atoms with Gasteiger partial charge in [-0.25, -0.2) is 0 Å². The van der Waals surface area contributed by atoms with Gasteiger partial charge in [0.25, 0.3) is 0 Å². The number of hydrogen-bond donors (Lipinski definition) is 2. The van der Waals surface area contributed by atoms with E-state index in [2.05, 4.69) is 59.8 Å². The second kappa shape index (κ2) is 8.25. The van der Waals surface area contributed by atoms with Crippen molar-refractivity contribution in [1.29, 1.82) is 0 Å². The molecule has 4 nitrogen and oxygen atoms in total. The molecule has 5 heteroatoms. The third-order valence-corrected chi connectivity index (χ3v) is 8.87. The van der Waals surface area contributed by atoms with E-state index in [0.29, 0.717) is 28.6 Å². The normalized spacial score (nSPS) is 31.2. The Balaban J connectivity index is 1.60. The first-order chi connectivity index (χ1) is 15.2. The molecule has 4 unspecified atom stereocenters. The second-order valence-electron chi connectivity index (χ2n) is 13.0. The molecule has 1 amide bonds. The van der Waals surface area contributed by atoms with Gasteiger partial charge in [0.15, 0.2) is 5.11 Å². The predicted molar refractivity (Wildman–Crippen MR) is 138 cm³/mol. The number of phenolic OH excluding ortho intramolecular Hbond substituents is 1. The van der Waals surface area contributed by atoms with Gasteiger partial charge in [-0.15, -0.1) is 0 Å². The summed E-state index contributed by atoms with van der Waals surface area (Å²) in [6.07, 6.45) is 6.47. The summed E-state index contributed by atoms with van der Waals surface area (Å²) in [6.45, 7) is 14.9. The van der Waals surface area contributed by atoms with E-state index in [1.165, 1.54) is 11.1 Å². The topological polar surface area (TPSA) is 52.6 Å². The number of benzene rings is 1. The van der Waals surface area contributed by atoms with E-state index in [-0.39, 0.29) is 28.3 Å². The van der Waals surface area contributed by atoms with E-state index in [9.17, 15) is 9.90 Å². The smallest absolute Gasteiger partial charge is 0.232 e. The van der Waals surface area contributed by atoms with E-state index in [1.807, 2.05) is 17.0 Å². The highest BCUT2D eigenvalue weighted by Gasteiger charge is 2.58. The molecule has 1 aromatic carbocycles. The minimum Gasteiger partial charge on any atom is -0.508 e. The lowest BCUT2D eigenvalue weighted by molar-refractivity contribution is -0.140. The number of aromatic hydroxyl groups is 1. The van der Waals surface area contributed by atoms with E-state index < -0.39 is 0 Å². The number of carbonyl (C=O) groups is 1. The van der Waals surface area contributed by atoms with Crippen LogP contribution in [0.3, 0.4) is 0 Å². The third-order valence-electron chi connectivity index (χ3n) is 8.58. The van der Waals surface area contributed by atoms with Crippen LogP contribution in [-0.2, 0) is 11.2 Å². The molecule has 4 rings (SSSR count). The van der Waals surface area contributed by atoms with Gasteiger partial charge in [0.05, 0.1) is 0 Å². The Hall–Kier alpha value is -1.62. The van der Waals surface area contributed by atoms with Crippen molar-refractivity contribution in [2.45, 2.75) is 104 Å². The number of thiocarbonyl (C=S) groups is 1. The van der Waals surface area contributed by atoms with Crippen LogP contribution in [0.5, 0.6) is 5.75 Å². The van der Waals surface area contributed by atoms with Crippen LogP contribution in [0.2, 0.25) is 0 Å². The van der Waals surface area contributed by atoms with Gasteiger partial charge in [0.1, 0.15) is 5.75 Å². The zero-order valence-electron chi connectivity index (χ0n) is 21.5. The second-order valence-corrected chi connectivity index (χ2v) is 13.4. The van der Waals surface area contributed by atoms with Crippen LogP contribution in [0.4, 0.5) is 0 Å². The summed E-state index contributed by atoms with van der Waals surface area (Å²) < 4.78 is 0. The van der Waals surface area contributed by atoms with E-state index in [0.717, 1.165) is 38.5 Å². The van der Waals surface area contributed by atoms with Crippen LogP contribution >= 0.6 is 12.2 Å². The Labute approximate surface area is 205 Å². The van der Waals surface area contributed by atoms with Gasteiger partial charge in [-0.3, -0.25) is 9.69 Å². The molecule has 182 valence electrons. The van der Waals surface area contributed by atoms with Gasteiger partial charge in [-0.05, 0) is 139 Å². The summed E-state index contributed by atoms with van der Waals surface area (Å²) in [5, 5.41) is 13.9. The average molecular weight is 471 g/mol. The Morgan fingerprint density at radius 1 is 1.12 bits per heavy atom. The number of amides is 1. The molecule has 2 fully saturated rings. The quantitative estimate of drug-likeness (QED) is 0.482. The molecule has 0 aliphatic heterocycles. The molecule has 3 aliphatic carbocycles. The summed E-state index contributed by atoms with van der Waals surface area (Å²) in [5.74, 6) is 2.35. The average Bonchev–Trinajstić information content (AvgIpc) is 3.02. The summed E-state index contributed by atoms with van der Waals surface area (Å²) in [7, 11) is 0. The number of nitrogens with one attached hydrogen (secondary N) is 1. The van der Waals surface area contributed by atoms with Crippen LogP contribution in [0.25, 0.3) is 0 Å². The Bertz CT molecular complexity index is 944. The van der Waals surface area contributed by atoms with E-state index >= 15 is 0 Å². The molecule has 0 heterocycles. The molecule has 2 saturated carbocycles. The predicted octanol–water partition coefficient (Wildman–Crippen LogP) is 6.16. The Morgan fingerprint density at radius 3 is 2.45 bits per heavy atom. The fourth-order valence-electron chi connectivity index (χ4n) is 7.24. The van der Waals surface area contributed by atoms with Crippen LogP contribution in [-0.4, -0.2) is 32.1 Å². The molecule has 1 aromatic rings. The van der Waals surface area contributed by atoms with E-state index in [4.69, 9.17) is 12.2 Å². The third kappa shape index (κ3) is 4.42. The molecule has 0 saturated heterocycles. The maximum Gasteiger partial charge on any atom is 0.232 e. The van der Waals surface area contributed by atoms with Crippen LogP contribution in [0, 0.1) is 23.2 Å². The summed E-state index contributed by atoms with van der Waals surface area (Å²) in [6, 6.07) is 5.96. The van der Waals surface area contributed by atoms with Gasteiger partial charge >= 0.3 is 0 Å². The molecule has 5 atom stereocenters. The first-order valence-corrected chi connectivity index (χ1v) is 13.1. The van der Waals surface area contributed by atoms with Crippen molar-refractivity contribution < 1.29 is 9.90 Å². The highest BCUT2D eigenvalue weighted by Crippen LogP contribution is 2.63. The monoisotopic (exact) mass is 470 g/mol. The molecular weight excluding hydrogens is 428 g/mol. The first kappa shape index (κ1) is 24.5. The highest BCUT2D eigenvalue weighted by molar-refractivity contribution is 7.80. The maximum absolute atomic E-state index is 14.1. The first-order valence-electron chi connectivity index (χ1n) is 12.7. The minimum absolute atomic E-state index is 0.0172. The molecule has 0 spiro atoms. The molecule has 2 N–H and O–H groups in total. The van der Waals surface area contributed by atoms with Crippen molar-refractivity contribution in [3.05, 3.63) is 29.3 Å². The fourth-order valence-corrected chi connectivity index (χ4v) is 7.91. The van der Waals surface area contributed by atoms with Crippen molar-refractivity contribution in [2.75, 3.05) is 0 Å². The number of aryl methyl sites for hydroxylation is 1. The summed E-state index contributed by atoms with van der Waals surface area (Å²) >= 11 is 5.79. The molecule has 3 aliphatic rings. The van der Waals surface area contributed by atoms with E-state index in [1.54, 1.807) is 0 Å². The molecule has 0 radical (unpaired) electrons. The SMILES string of the molecule is CC(C)(C)NC(=S)N(C(=O)C1CCC2C3CCc4cc(O)ccc4C3CC[C@]12C)C(C)(C)C. The van der Waals surface area contributed by atoms with Crippen molar-refractivity contribution in [2.24, 2.45) is 23.2 Å². The Kier molecular flexibility index (Phi) is 6.13. The van der Waals surface area contributed by atoms with Gasteiger partial charge in [-0.2, -0.15) is 0 Å². The van der Waals surface area contributed by atoms with Crippen LogP contribution in [0.1, 0.15) is 97.6 Å². The highest BCUT2D eigenvalue weighted by atomic mass is 32.1. The maximum atomic E-state index is 14.1. The molecule has 0 bridgehead atoms. The number of rotatable bonds is 1. The van der Waals surface area contributed by atoms with Crippen molar-refractivity contribution in [3.63, 3.8) is 0 Å².